The zero-order valence-electron chi connectivity index (χ0n) is 13.2. The number of hydrogen-bond donors (Lipinski definition) is 0. The molecule has 4 rings (SSSR count). The lowest BCUT2D eigenvalue weighted by Crippen LogP contribution is -2.36. The maximum Gasteiger partial charge on any atom is 0.226 e. The zero-order valence-corrected chi connectivity index (χ0v) is 14.0. The van der Waals surface area contributed by atoms with Crippen LogP contribution in [0.15, 0.2) is 40.3 Å². The number of rotatable bonds is 4. The largest absolute Gasteiger partial charge is 0.469 e. The molecule has 3 heterocycles. The molecule has 2 atom stereocenters. The lowest BCUT2D eigenvalue weighted by atomic mass is 10.2. The Morgan fingerprint density at radius 2 is 2.17 bits per heavy atom. The lowest BCUT2D eigenvalue weighted by Gasteiger charge is -2.21. The van der Waals surface area contributed by atoms with Crippen LogP contribution in [-0.2, 0) is 11.3 Å². The fourth-order valence-corrected chi connectivity index (χ4v) is 4.24. The fourth-order valence-electron chi connectivity index (χ4n) is 3.49. The van der Waals surface area contributed by atoms with E-state index in [-0.39, 0.29) is 5.92 Å². The topological polar surface area (TPSA) is 36.7 Å². The molecule has 0 unspecified atom stereocenters. The monoisotopic (exact) mass is 330 g/mol. The number of thiophene rings is 1. The van der Waals surface area contributed by atoms with Crippen LogP contribution in [-0.4, -0.2) is 41.9 Å². The van der Waals surface area contributed by atoms with Gasteiger partial charge < -0.3 is 9.32 Å². The summed E-state index contributed by atoms with van der Waals surface area (Å²) in [4.78, 5) is 18.7. The Bertz CT molecular complexity index is 638. The molecule has 1 saturated heterocycles. The van der Waals surface area contributed by atoms with Crippen LogP contribution in [0.2, 0.25) is 0 Å². The van der Waals surface area contributed by atoms with Gasteiger partial charge in [-0.15, -0.1) is 11.3 Å². The van der Waals surface area contributed by atoms with E-state index in [0.717, 1.165) is 51.3 Å². The average molecular weight is 330 g/mol. The van der Waals surface area contributed by atoms with Crippen molar-refractivity contribution in [2.45, 2.75) is 25.3 Å². The molecule has 0 aromatic carbocycles. The van der Waals surface area contributed by atoms with E-state index in [1.54, 1.807) is 6.26 Å². The van der Waals surface area contributed by atoms with Crippen molar-refractivity contribution in [3.05, 3.63) is 46.5 Å². The van der Waals surface area contributed by atoms with E-state index >= 15 is 0 Å². The third-order valence-corrected chi connectivity index (χ3v) is 5.74. The number of amides is 1. The van der Waals surface area contributed by atoms with Crippen molar-refractivity contribution in [1.82, 2.24) is 9.80 Å². The van der Waals surface area contributed by atoms with Crippen LogP contribution in [0.1, 0.15) is 29.4 Å². The minimum Gasteiger partial charge on any atom is -0.469 e. The van der Waals surface area contributed by atoms with E-state index in [1.165, 1.54) is 4.88 Å². The molecule has 5 heteroatoms. The van der Waals surface area contributed by atoms with Crippen molar-refractivity contribution in [3.8, 4) is 0 Å². The maximum absolute atomic E-state index is 12.7. The molecule has 0 bridgehead atoms. The predicted octanol–water partition coefficient (Wildman–Crippen LogP) is 3.18. The summed E-state index contributed by atoms with van der Waals surface area (Å²) in [6, 6.07) is 8.19. The Kier molecular flexibility index (Phi) is 4.23. The molecule has 1 aliphatic heterocycles. The third-order valence-electron chi connectivity index (χ3n) is 4.88. The first kappa shape index (κ1) is 15.0. The second-order valence-electron chi connectivity index (χ2n) is 6.50. The van der Waals surface area contributed by atoms with Gasteiger partial charge in [-0.2, -0.15) is 0 Å². The first-order chi connectivity index (χ1) is 11.3. The van der Waals surface area contributed by atoms with Gasteiger partial charge in [-0.25, -0.2) is 0 Å². The van der Waals surface area contributed by atoms with Crippen molar-refractivity contribution in [3.63, 3.8) is 0 Å². The molecule has 2 aromatic rings. The van der Waals surface area contributed by atoms with E-state index in [2.05, 4.69) is 27.3 Å². The lowest BCUT2D eigenvalue weighted by molar-refractivity contribution is -0.132. The molecule has 122 valence electrons. The molecular weight excluding hydrogens is 308 g/mol. The summed E-state index contributed by atoms with van der Waals surface area (Å²) in [6.45, 7) is 4.81. The molecule has 4 nitrogen and oxygen atoms in total. The molecule has 23 heavy (non-hydrogen) atoms. The number of nitrogens with zero attached hydrogens (tertiary/aromatic N) is 2. The van der Waals surface area contributed by atoms with Gasteiger partial charge in [-0.3, -0.25) is 9.69 Å². The first-order valence-corrected chi connectivity index (χ1v) is 9.26. The highest BCUT2D eigenvalue weighted by atomic mass is 32.1. The highest BCUT2D eigenvalue weighted by Gasteiger charge is 2.47. The van der Waals surface area contributed by atoms with Crippen molar-refractivity contribution in [2.24, 2.45) is 5.92 Å². The molecule has 2 aliphatic rings. The average Bonchev–Trinajstić information content (AvgIpc) is 2.96. The standard InChI is InChI=1S/C18H22N2O2S/c21-18(16-12-15(16)17-5-1-10-22-17)20-7-3-6-19(8-9-20)13-14-4-2-11-23-14/h1-2,4-5,10-11,15-16H,3,6-9,12-13H2/t15-,16-/m0/s1. The summed E-state index contributed by atoms with van der Waals surface area (Å²) in [5.41, 5.74) is 0. The third kappa shape index (κ3) is 3.35. The van der Waals surface area contributed by atoms with Crippen LogP contribution in [0.3, 0.4) is 0 Å². The smallest absolute Gasteiger partial charge is 0.226 e. The van der Waals surface area contributed by atoms with E-state index in [4.69, 9.17) is 4.42 Å². The van der Waals surface area contributed by atoms with Crippen LogP contribution >= 0.6 is 11.3 Å². The van der Waals surface area contributed by atoms with Gasteiger partial charge in [0.15, 0.2) is 0 Å². The molecule has 1 amide bonds. The van der Waals surface area contributed by atoms with Gasteiger partial charge in [0.1, 0.15) is 5.76 Å². The van der Waals surface area contributed by atoms with Crippen LogP contribution < -0.4 is 0 Å². The summed E-state index contributed by atoms with van der Waals surface area (Å²) < 4.78 is 5.45. The Morgan fingerprint density at radius 1 is 1.22 bits per heavy atom. The second kappa shape index (κ2) is 6.49. The van der Waals surface area contributed by atoms with Crippen molar-refractivity contribution in [2.75, 3.05) is 26.2 Å². The number of hydrogen-bond acceptors (Lipinski definition) is 4. The maximum atomic E-state index is 12.7. The Morgan fingerprint density at radius 3 is 2.96 bits per heavy atom. The highest BCUT2D eigenvalue weighted by Crippen LogP contribution is 2.48. The van der Waals surface area contributed by atoms with Crippen LogP contribution in [0.5, 0.6) is 0 Å². The van der Waals surface area contributed by atoms with Gasteiger partial charge in [0.05, 0.1) is 6.26 Å². The summed E-state index contributed by atoms with van der Waals surface area (Å²) in [5, 5.41) is 2.13. The van der Waals surface area contributed by atoms with Crippen molar-refractivity contribution < 1.29 is 9.21 Å². The van der Waals surface area contributed by atoms with Gasteiger partial charge in [-0.1, -0.05) is 6.07 Å². The Labute approximate surface area is 140 Å². The van der Waals surface area contributed by atoms with Gasteiger partial charge in [0.25, 0.3) is 0 Å². The number of carbonyl (C=O) groups excluding carboxylic acids is 1. The van der Waals surface area contributed by atoms with Gasteiger partial charge in [0.2, 0.25) is 5.91 Å². The summed E-state index contributed by atoms with van der Waals surface area (Å²) in [7, 11) is 0. The van der Waals surface area contributed by atoms with Gasteiger partial charge >= 0.3 is 0 Å². The molecule has 2 aromatic heterocycles. The van der Waals surface area contributed by atoms with E-state index in [1.807, 2.05) is 23.5 Å². The molecule has 2 fully saturated rings. The van der Waals surface area contributed by atoms with Gasteiger partial charge in [0, 0.05) is 49.4 Å². The quantitative estimate of drug-likeness (QED) is 0.864. The molecule has 0 radical (unpaired) electrons. The predicted molar refractivity (Wildman–Crippen MR) is 90.3 cm³/mol. The van der Waals surface area contributed by atoms with Gasteiger partial charge in [-0.05, 0) is 36.4 Å². The fraction of sp³-hybridized carbons (Fsp3) is 0.500. The Balaban J connectivity index is 1.31. The molecule has 0 N–H and O–H groups in total. The molecule has 1 aliphatic carbocycles. The number of furan rings is 1. The highest BCUT2D eigenvalue weighted by molar-refractivity contribution is 7.09. The SMILES string of the molecule is O=C([C@H]1C[C@@H]1c1ccco1)N1CCCN(Cc2cccs2)CC1. The van der Waals surface area contributed by atoms with Crippen LogP contribution in [0.25, 0.3) is 0 Å². The van der Waals surface area contributed by atoms with E-state index in [0.29, 0.717) is 11.8 Å². The first-order valence-electron chi connectivity index (χ1n) is 8.38. The van der Waals surface area contributed by atoms with Crippen LogP contribution in [0, 0.1) is 5.92 Å². The second-order valence-corrected chi connectivity index (χ2v) is 7.53. The van der Waals surface area contributed by atoms with Crippen molar-refractivity contribution >= 4 is 17.2 Å². The molecule has 1 saturated carbocycles. The zero-order chi connectivity index (χ0) is 15.6. The van der Waals surface area contributed by atoms with E-state index in [9.17, 15) is 4.79 Å². The van der Waals surface area contributed by atoms with Crippen LogP contribution in [0.4, 0.5) is 0 Å². The molecule has 0 spiro atoms. The number of carbonyl (C=O) groups is 1. The summed E-state index contributed by atoms with van der Waals surface area (Å²) >= 11 is 1.81. The normalized spacial score (nSPS) is 25.3. The minimum absolute atomic E-state index is 0.144. The Hall–Kier alpha value is -1.59. The van der Waals surface area contributed by atoms with E-state index < -0.39 is 0 Å². The molecular formula is C18H22N2O2S. The summed E-state index contributed by atoms with van der Waals surface area (Å²) in [6.07, 6.45) is 3.71. The van der Waals surface area contributed by atoms with Crippen molar-refractivity contribution in [1.29, 1.82) is 0 Å². The minimum atomic E-state index is 0.144. The summed E-state index contributed by atoms with van der Waals surface area (Å²) in [5.74, 6) is 1.75.